The normalized spacial score (nSPS) is 21.0. The molecule has 0 radical (unpaired) electrons. The minimum absolute atomic E-state index is 0.0528. The number of carboxylic acids is 1. The number of quaternary nitrogens is 1. The van der Waals surface area contributed by atoms with Crippen molar-refractivity contribution in [2.45, 2.75) is 81.3 Å². The summed E-state index contributed by atoms with van der Waals surface area (Å²) in [6.07, 6.45) is -2.75. The number of aliphatic carboxylic acids is 1. The summed E-state index contributed by atoms with van der Waals surface area (Å²) < 4.78 is 44.3. The van der Waals surface area contributed by atoms with E-state index in [1.54, 1.807) is 12.1 Å². The Hall–Kier alpha value is -6.27. The summed E-state index contributed by atoms with van der Waals surface area (Å²) in [7, 11) is 4.51. The number of likely N-dealkylation sites (N-methyl/N-ethyl adjacent to an activating group) is 1. The van der Waals surface area contributed by atoms with Gasteiger partial charge in [0.05, 0.1) is 31.4 Å². The van der Waals surface area contributed by atoms with Crippen molar-refractivity contribution in [2.75, 3.05) is 31.3 Å². The van der Waals surface area contributed by atoms with Crippen LogP contribution in [-0.2, 0) is 32.0 Å². The lowest BCUT2D eigenvalue weighted by molar-refractivity contribution is -0.938. The number of hydrogen-bond acceptors (Lipinski definition) is 10. The molecular formula is C46H48F3N5O9. The summed E-state index contributed by atoms with van der Waals surface area (Å²) in [6, 6.07) is 30.3. The van der Waals surface area contributed by atoms with E-state index in [-0.39, 0.29) is 29.9 Å². The molecule has 6 atom stereocenters. The van der Waals surface area contributed by atoms with Gasteiger partial charge in [0.25, 0.3) is 0 Å². The first-order valence-electron chi connectivity index (χ1n) is 20.5. The number of anilines is 2. The molecule has 0 saturated carbocycles. The Morgan fingerprint density at radius 3 is 2.25 bits per heavy atom. The number of nitrogens with zero attached hydrogens (tertiary/aromatic N) is 1. The quantitative estimate of drug-likeness (QED) is 0.0667. The number of alkyl halides is 3. The van der Waals surface area contributed by atoms with Crippen LogP contribution in [0.15, 0.2) is 102 Å². The van der Waals surface area contributed by atoms with Crippen LogP contribution < -0.4 is 26.6 Å². The third-order valence-corrected chi connectivity index (χ3v) is 12.0. The van der Waals surface area contributed by atoms with Gasteiger partial charge in [-0.25, -0.2) is 4.79 Å². The van der Waals surface area contributed by atoms with Crippen LogP contribution in [0, 0.1) is 0 Å². The number of benzene rings is 4. The summed E-state index contributed by atoms with van der Waals surface area (Å²) in [5, 5.41) is 39.6. The molecule has 17 heteroatoms. The fourth-order valence-electron chi connectivity index (χ4n) is 8.70. The maximum absolute atomic E-state index is 13.2. The van der Waals surface area contributed by atoms with Gasteiger partial charge in [0, 0.05) is 55.1 Å². The number of piperidine rings is 1. The molecule has 1 unspecified atom stereocenters. The molecular weight excluding hydrogens is 824 g/mol. The maximum Gasteiger partial charge on any atom is 0.430 e. The topological polar surface area (TPSA) is 205 Å². The first-order chi connectivity index (χ1) is 30.0. The Kier molecular flexibility index (Phi) is 13.2. The van der Waals surface area contributed by atoms with Crippen molar-refractivity contribution in [3.05, 3.63) is 124 Å². The number of halogens is 3. The average molecular weight is 872 g/mol. The van der Waals surface area contributed by atoms with Crippen molar-refractivity contribution < 1.29 is 56.8 Å². The van der Waals surface area contributed by atoms with E-state index in [4.69, 9.17) is 19.4 Å². The molecule has 2 amide bonds. The number of aromatic nitrogens is 1. The standard InChI is InChI=1S/C44H47N5O7.C2HF3O2/c1-49(2)35-22-30(23-36(49)43-42(35)56-43)55-44(54)47-34-18-13-26(21-33(34)28-8-4-3-5-9-28)7-6-10-39(52)46-29-14-11-27(12-15-29)24-45-25-38(51)31-16-19-37(50)41-32(31)17-20-40(53)48-41;3-2(4,5)1(6)7/h3-5,8-9,11-21,30,35-36,38,42-43,45,51H,6-7,10,22-25H2,1-2H3,(H3-,46,47,48,50,52,53,54);(H,6,7)/t30?,35-,36+,38-,42-,43+;/m0./s1. The van der Waals surface area contributed by atoms with Crippen LogP contribution >= 0.6 is 0 Å². The Labute approximate surface area is 360 Å². The highest BCUT2D eigenvalue weighted by molar-refractivity contribution is 5.92. The number of ether oxygens (including phenoxy) is 2. The fraction of sp³-hybridized carbons (Fsp3) is 0.348. The number of epoxide rings is 1. The summed E-state index contributed by atoms with van der Waals surface area (Å²) in [5.41, 5.74) is 5.87. The zero-order valence-electron chi connectivity index (χ0n) is 34.5. The number of morpholine rings is 1. The van der Waals surface area contributed by atoms with Crippen molar-refractivity contribution >= 4 is 40.2 Å². The number of aryl methyl sites for hydroxylation is 1. The number of aliphatic hydroxyl groups excluding tert-OH is 1. The van der Waals surface area contributed by atoms with E-state index in [0.717, 1.165) is 39.6 Å². The third-order valence-electron chi connectivity index (χ3n) is 12.0. The van der Waals surface area contributed by atoms with Gasteiger partial charge >= 0.3 is 12.3 Å². The molecule has 332 valence electrons. The first-order valence-corrected chi connectivity index (χ1v) is 20.5. The highest BCUT2D eigenvalue weighted by Crippen LogP contribution is 2.51. The van der Waals surface area contributed by atoms with Gasteiger partial charge in [0.1, 0.15) is 42.1 Å². The van der Waals surface area contributed by atoms with Gasteiger partial charge in [0.2, 0.25) is 11.5 Å². The van der Waals surface area contributed by atoms with E-state index in [1.807, 2.05) is 66.7 Å². The van der Waals surface area contributed by atoms with Gasteiger partial charge in [0.15, 0.2) is 0 Å². The summed E-state index contributed by atoms with van der Waals surface area (Å²) >= 11 is 0. The minimum atomic E-state index is -5.19. The number of carbonyl (C=O) groups is 3. The summed E-state index contributed by atoms with van der Waals surface area (Å²) in [5.74, 6) is -3.14. The van der Waals surface area contributed by atoms with Crippen molar-refractivity contribution in [2.24, 2.45) is 0 Å². The van der Waals surface area contributed by atoms with E-state index in [1.165, 1.54) is 12.1 Å². The molecule has 6 N–H and O–H groups in total. The van der Waals surface area contributed by atoms with Gasteiger partial charge in [-0.1, -0.05) is 54.6 Å². The monoisotopic (exact) mass is 871 g/mol. The van der Waals surface area contributed by atoms with Gasteiger partial charge in [-0.3, -0.25) is 14.9 Å². The predicted molar refractivity (Wildman–Crippen MR) is 225 cm³/mol. The van der Waals surface area contributed by atoms with Gasteiger partial charge in [-0.15, -0.1) is 0 Å². The molecule has 5 aromatic rings. The van der Waals surface area contributed by atoms with E-state index < -0.39 is 24.3 Å². The number of pyridine rings is 1. The Morgan fingerprint density at radius 2 is 1.59 bits per heavy atom. The number of fused-ring (bicyclic) bond motifs is 6. The van der Waals surface area contributed by atoms with Crippen LogP contribution in [0.5, 0.6) is 5.75 Å². The molecule has 3 fully saturated rings. The molecule has 0 aliphatic carbocycles. The lowest BCUT2D eigenvalue weighted by Gasteiger charge is -2.45. The molecule has 2 bridgehead atoms. The van der Waals surface area contributed by atoms with Gasteiger partial charge < -0.3 is 49.7 Å². The van der Waals surface area contributed by atoms with Crippen LogP contribution in [0.25, 0.3) is 22.0 Å². The van der Waals surface area contributed by atoms with Gasteiger partial charge in [-0.2, -0.15) is 13.2 Å². The molecule has 4 aromatic carbocycles. The van der Waals surface area contributed by atoms with E-state index in [2.05, 4.69) is 41.1 Å². The molecule has 3 aliphatic heterocycles. The zero-order valence-corrected chi connectivity index (χ0v) is 34.5. The second-order valence-corrected chi connectivity index (χ2v) is 16.5. The lowest BCUT2D eigenvalue weighted by atomic mass is 9.96. The molecule has 63 heavy (non-hydrogen) atoms. The average Bonchev–Trinajstić information content (AvgIpc) is 4.01. The number of rotatable bonds is 13. The molecule has 4 heterocycles. The molecule has 1 aromatic heterocycles. The van der Waals surface area contributed by atoms with Gasteiger partial charge in [-0.05, 0) is 71.5 Å². The summed E-state index contributed by atoms with van der Waals surface area (Å²) in [4.78, 5) is 49.2. The first kappa shape index (κ1) is 44.8. The molecule has 0 spiro atoms. The van der Waals surface area contributed by atoms with Crippen LogP contribution in [0.2, 0.25) is 0 Å². The van der Waals surface area contributed by atoms with Crippen LogP contribution in [0.4, 0.5) is 29.3 Å². The van der Waals surface area contributed by atoms with E-state index in [0.29, 0.717) is 77.9 Å². The Morgan fingerprint density at radius 1 is 0.921 bits per heavy atom. The number of hydrogen-bond donors (Lipinski definition) is 6. The SMILES string of the molecule is C[N+]1(C)[C@@H]2CC(OC(=O)Nc3ccc(CCCC(=O)Nc4ccc(CNC[C@H](O)c5ccc(O)c6[nH]c(=O)ccc56)cc4)cc3-c3ccccc3)C[C@H]1[C@@H]1O[C@@H]12.O=C([O-])C(F)(F)F. The van der Waals surface area contributed by atoms with E-state index >= 15 is 0 Å². The largest absolute Gasteiger partial charge is 0.542 e. The van der Waals surface area contributed by atoms with E-state index in [9.17, 15) is 37.8 Å². The summed E-state index contributed by atoms with van der Waals surface area (Å²) in [6.45, 7) is 0.751. The second kappa shape index (κ2) is 18.6. The van der Waals surface area contributed by atoms with Crippen molar-refractivity contribution in [1.82, 2.24) is 10.3 Å². The number of aliphatic hydroxyl groups is 1. The molecule has 3 saturated heterocycles. The number of aromatic hydroxyl groups is 1. The number of H-pyrrole nitrogens is 1. The van der Waals surface area contributed by atoms with Crippen LogP contribution in [0.1, 0.15) is 48.5 Å². The minimum Gasteiger partial charge on any atom is -0.542 e. The second-order valence-electron chi connectivity index (χ2n) is 16.5. The number of aromatic amines is 1. The number of phenols is 1. The molecule has 8 rings (SSSR count). The van der Waals surface area contributed by atoms with Crippen LogP contribution in [0.3, 0.4) is 0 Å². The zero-order chi connectivity index (χ0) is 45.1. The fourth-order valence-corrected chi connectivity index (χ4v) is 8.70. The highest BCUT2D eigenvalue weighted by atomic mass is 19.4. The number of carbonyl (C=O) groups excluding carboxylic acids is 3. The van der Waals surface area contributed by atoms with Crippen molar-refractivity contribution in [1.29, 1.82) is 0 Å². The smallest absolute Gasteiger partial charge is 0.430 e. The number of phenolic OH excluding ortho intramolecular Hbond substituents is 1. The maximum atomic E-state index is 13.2. The number of carboxylic acid groups (broad SMARTS) is 1. The number of amides is 2. The lowest BCUT2D eigenvalue weighted by Crippen LogP contribution is -2.60. The molecule has 14 nitrogen and oxygen atoms in total. The highest BCUT2D eigenvalue weighted by Gasteiger charge is 2.70. The number of nitrogens with one attached hydrogen (secondary N) is 4. The third kappa shape index (κ3) is 10.7. The predicted octanol–water partition coefficient (Wildman–Crippen LogP) is 5.29. The van der Waals surface area contributed by atoms with Crippen molar-refractivity contribution in [3.63, 3.8) is 0 Å². The Balaban J connectivity index is 0.000000785. The van der Waals surface area contributed by atoms with Crippen molar-refractivity contribution in [3.8, 4) is 16.9 Å². The Bertz CT molecular complexity index is 2500. The molecule has 3 aliphatic rings. The van der Waals surface area contributed by atoms with Crippen LogP contribution in [-0.4, -0.2) is 94.9 Å².